The molecule has 31 heavy (non-hydrogen) atoms. The van der Waals surface area contributed by atoms with E-state index in [2.05, 4.69) is 22.1 Å². The third kappa shape index (κ3) is 8.17. The molecule has 0 saturated carbocycles. The van der Waals surface area contributed by atoms with Gasteiger partial charge < -0.3 is 24.4 Å². The molecule has 0 bridgehead atoms. The first-order chi connectivity index (χ1) is 14.8. The standard InChI is InChI=1S/C23H32N4O3.HI/c1-3-24-23(26-18-19-8-7-13-25-22(19)29-17-16-28-2)27-14-11-21(12-15-27)30-20-9-5-4-6-10-20;/h4-10,13,21H,3,11-12,14-18H2,1-2H3,(H,24,26);1H. The number of hydrogen-bond acceptors (Lipinski definition) is 5. The van der Waals surface area contributed by atoms with E-state index in [-0.39, 0.29) is 30.1 Å². The Morgan fingerprint density at radius 1 is 1.13 bits per heavy atom. The maximum absolute atomic E-state index is 6.11. The fourth-order valence-corrected chi connectivity index (χ4v) is 3.36. The number of ether oxygens (including phenoxy) is 3. The van der Waals surface area contributed by atoms with Crippen LogP contribution in [0.15, 0.2) is 53.7 Å². The van der Waals surface area contributed by atoms with Crippen LogP contribution in [0.4, 0.5) is 0 Å². The van der Waals surface area contributed by atoms with E-state index in [0.29, 0.717) is 25.6 Å². The van der Waals surface area contributed by atoms with E-state index in [4.69, 9.17) is 19.2 Å². The zero-order valence-corrected chi connectivity index (χ0v) is 20.7. The highest BCUT2D eigenvalue weighted by molar-refractivity contribution is 14.0. The summed E-state index contributed by atoms with van der Waals surface area (Å²) in [6.07, 6.45) is 3.92. The minimum atomic E-state index is 0. The SMILES string of the molecule is CCNC(=NCc1cccnc1OCCOC)N1CCC(Oc2ccccc2)CC1.I. The molecular weight excluding hydrogens is 507 g/mol. The number of nitrogens with zero attached hydrogens (tertiary/aromatic N) is 3. The molecule has 1 aliphatic heterocycles. The van der Waals surface area contributed by atoms with Crippen LogP contribution in [0.5, 0.6) is 11.6 Å². The van der Waals surface area contributed by atoms with Crippen LogP contribution in [-0.2, 0) is 11.3 Å². The Kier molecular flexibility index (Phi) is 11.4. The molecule has 1 aromatic heterocycles. The Bertz CT molecular complexity index is 783. The third-order valence-corrected chi connectivity index (χ3v) is 4.90. The highest BCUT2D eigenvalue weighted by Gasteiger charge is 2.22. The number of hydrogen-bond donors (Lipinski definition) is 1. The Morgan fingerprint density at radius 2 is 1.90 bits per heavy atom. The molecule has 8 heteroatoms. The Labute approximate surface area is 202 Å². The minimum Gasteiger partial charge on any atom is -0.490 e. The van der Waals surface area contributed by atoms with Gasteiger partial charge in [-0.15, -0.1) is 24.0 Å². The van der Waals surface area contributed by atoms with Crippen molar-refractivity contribution in [3.05, 3.63) is 54.2 Å². The second-order valence-corrected chi connectivity index (χ2v) is 7.10. The molecule has 170 valence electrons. The molecule has 1 saturated heterocycles. The molecule has 1 aliphatic rings. The van der Waals surface area contributed by atoms with Crippen molar-refractivity contribution in [1.29, 1.82) is 0 Å². The van der Waals surface area contributed by atoms with Crippen LogP contribution >= 0.6 is 24.0 Å². The molecule has 0 unspecified atom stereocenters. The number of benzene rings is 1. The van der Waals surface area contributed by atoms with Crippen molar-refractivity contribution in [2.75, 3.05) is 40.0 Å². The van der Waals surface area contributed by atoms with E-state index in [0.717, 1.165) is 49.7 Å². The number of aromatic nitrogens is 1. The largest absolute Gasteiger partial charge is 0.490 e. The number of guanidine groups is 1. The smallest absolute Gasteiger partial charge is 0.218 e. The molecule has 2 heterocycles. The topological polar surface area (TPSA) is 68.2 Å². The normalized spacial score (nSPS) is 14.6. The molecule has 0 amide bonds. The minimum absolute atomic E-state index is 0. The van der Waals surface area contributed by atoms with Gasteiger partial charge in [0.05, 0.1) is 13.2 Å². The summed E-state index contributed by atoms with van der Waals surface area (Å²) in [5.41, 5.74) is 0.964. The Hall–Kier alpha value is -2.07. The van der Waals surface area contributed by atoms with E-state index in [1.54, 1.807) is 13.3 Å². The first-order valence-electron chi connectivity index (χ1n) is 10.6. The van der Waals surface area contributed by atoms with Crippen LogP contribution in [0.25, 0.3) is 0 Å². The van der Waals surface area contributed by atoms with E-state index in [1.807, 2.05) is 42.5 Å². The van der Waals surface area contributed by atoms with Gasteiger partial charge in [-0.25, -0.2) is 9.98 Å². The van der Waals surface area contributed by atoms with Gasteiger partial charge in [-0.05, 0) is 25.1 Å². The lowest BCUT2D eigenvalue weighted by molar-refractivity contribution is 0.129. The monoisotopic (exact) mass is 540 g/mol. The van der Waals surface area contributed by atoms with Gasteiger partial charge in [0, 0.05) is 51.3 Å². The highest BCUT2D eigenvalue weighted by atomic mass is 127. The van der Waals surface area contributed by atoms with Gasteiger partial charge in [0.25, 0.3) is 0 Å². The van der Waals surface area contributed by atoms with Gasteiger partial charge in [0.2, 0.25) is 5.88 Å². The van der Waals surface area contributed by atoms with E-state index in [1.165, 1.54) is 0 Å². The van der Waals surface area contributed by atoms with Gasteiger partial charge in [-0.1, -0.05) is 24.3 Å². The number of piperidine rings is 1. The lowest BCUT2D eigenvalue weighted by Gasteiger charge is -2.34. The Balaban J connectivity index is 0.00000341. The van der Waals surface area contributed by atoms with E-state index in [9.17, 15) is 0 Å². The maximum atomic E-state index is 6.11. The molecule has 3 rings (SSSR count). The predicted octanol–water partition coefficient (Wildman–Crippen LogP) is 3.73. The summed E-state index contributed by atoms with van der Waals surface area (Å²) < 4.78 is 16.9. The summed E-state index contributed by atoms with van der Waals surface area (Å²) >= 11 is 0. The Morgan fingerprint density at radius 3 is 2.61 bits per heavy atom. The summed E-state index contributed by atoms with van der Waals surface area (Å²) in [6.45, 7) is 6.24. The number of rotatable bonds is 9. The number of aliphatic imine (C=N–C) groups is 1. The molecule has 0 radical (unpaired) electrons. The number of halogens is 1. The highest BCUT2D eigenvalue weighted by Crippen LogP contribution is 2.19. The van der Waals surface area contributed by atoms with Gasteiger partial charge in [-0.2, -0.15) is 0 Å². The lowest BCUT2D eigenvalue weighted by atomic mass is 10.1. The van der Waals surface area contributed by atoms with Crippen molar-refractivity contribution in [2.24, 2.45) is 4.99 Å². The van der Waals surface area contributed by atoms with Crippen molar-refractivity contribution in [3.63, 3.8) is 0 Å². The molecule has 0 spiro atoms. The summed E-state index contributed by atoms with van der Waals surface area (Å²) in [5, 5.41) is 3.41. The number of nitrogens with one attached hydrogen (secondary N) is 1. The van der Waals surface area contributed by atoms with Gasteiger partial charge in [0.1, 0.15) is 18.5 Å². The van der Waals surface area contributed by atoms with Crippen LogP contribution in [0.2, 0.25) is 0 Å². The number of likely N-dealkylation sites (tertiary alicyclic amines) is 1. The fourth-order valence-electron chi connectivity index (χ4n) is 3.36. The summed E-state index contributed by atoms with van der Waals surface area (Å²) in [5.74, 6) is 2.47. The molecule has 0 atom stereocenters. The van der Waals surface area contributed by atoms with E-state index < -0.39 is 0 Å². The zero-order chi connectivity index (χ0) is 21.0. The number of methoxy groups -OCH3 is 1. The van der Waals surface area contributed by atoms with Crippen molar-refractivity contribution < 1.29 is 14.2 Å². The first kappa shape index (κ1) is 25.2. The summed E-state index contributed by atoms with van der Waals surface area (Å²) in [6, 6.07) is 14.0. The van der Waals surface area contributed by atoms with Crippen LogP contribution in [0.1, 0.15) is 25.3 Å². The average Bonchev–Trinajstić information content (AvgIpc) is 2.79. The van der Waals surface area contributed by atoms with Crippen LogP contribution in [0, 0.1) is 0 Å². The zero-order valence-electron chi connectivity index (χ0n) is 18.3. The molecule has 2 aromatic rings. The van der Waals surface area contributed by atoms with Crippen LogP contribution in [0.3, 0.4) is 0 Å². The fraction of sp³-hybridized carbons (Fsp3) is 0.478. The van der Waals surface area contributed by atoms with Gasteiger partial charge >= 0.3 is 0 Å². The second kappa shape index (κ2) is 14.1. The number of pyridine rings is 1. The summed E-state index contributed by atoms with van der Waals surface area (Å²) in [4.78, 5) is 11.5. The predicted molar refractivity (Wildman–Crippen MR) is 134 cm³/mol. The third-order valence-electron chi connectivity index (χ3n) is 4.90. The molecule has 1 fully saturated rings. The molecule has 1 N–H and O–H groups in total. The van der Waals surface area contributed by atoms with Crippen LogP contribution in [-0.4, -0.2) is 61.9 Å². The average molecular weight is 540 g/mol. The van der Waals surface area contributed by atoms with Crippen molar-refractivity contribution in [1.82, 2.24) is 15.2 Å². The molecule has 7 nitrogen and oxygen atoms in total. The van der Waals surface area contributed by atoms with E-state index >= 15 is 0 Å². The number of para-hydroxylation sites is 1. The molecule has 1 aromatic carbocycles. The van der Waals surface area contributed by atoms with Crippen molar-refractivity contribution >= 4 is 29.9 Å². The molecular formula is C23H33IN4O3. The molecule has 0 aliphatic carbocycles. The summed E-state index contributed by atoms with van der Waals surface area (Å²) in [7, 11) is 1.66. The lowest BCUT2D eigenvalue weighted by Crippen LogP contribution is -2.47. The van der Waals surface area contributed by atoms with Crippen LogP contribution < -0.4 is 14.8 Å². The first-order valence-corrected chi connectivity index (χ1v) is 10.6. The van der Waals surface area contributed by atoms with Gasteiger partial charge in [-0.3, -0.25) is 0 Å². The van der Waals surface area contributed by atoms with Crippen molar-refractivity contribution in [2.45, 2.75) is 32.4 Å². The quantitative estimate of drug-likeness (QED) is 0.226. The van der Waals surface area contributed by atoms with Crippen molar-refractivity contribution in [3.8, 4) is 11.6 Å². The van der Waals surface area contributed by atoms with Gasteiger partial charge in [0.15, 0.2) is 5.96 Å². The maximum Gasteiger partial charge on any atom is 0.218 e. The second-order valence-electron chi connectivity index (χ2n) is 7.10.